The van der Waals surface area contributed by atoms with Crippen LogP contribution in [-0.4, -0.2) is 70.6 Å². The van der Waals surface area contributed by atoms with Crippen molar-refractivity contribution in [3.8, 4) is 0 Å². The van der Waals surface area contributed by atoms with Gasteiger partial charge in [0, 0.05) is 16.7 Å². The Bertz CT molecular complexity index is 929. The number of likely N-dealkylation sites (N-methyl/N-ethyl adjacent to an activating group) is 1. The summed E-state index contributed by atoms with van der Waals surface area (Å²) in [6, 6.07) is 0. The summed E-state index contributed by atoms with van der Waals surface area (Å²) in [4.78, 5) is 39.4. The topological polar surface area (TPSA) is 104 Å². The van der Waals surface area contributed by atoms with Crippen LogP contribution >= 0.6 is 12.4 Å². The number of aliphatic hydroxyl groups excluding tert-OH is 1. The maximum Gasteiger partial charge on any atom is 0.320 e. The number of fused-ring (bicyclic) bond motifs is 5. The van der Waals surface area contributed by atoms with Crippen molar-refractivity contribution in [2.24, 2.45) is 28.6 Å². The van der Waals surface area contributed by atoms with Crippen LogP contribution in [0.4, 0.5) is 0 Å². The molecule has 4 aliphatic carbocycles. The van der Waals surface area contributed by atoms with E-state index >= 15 is 0 Å². The van der Waals surface area contributed by atoms with Crippen molar-refractivity contribution < 1.29 is 29.3 Å². The molecule has 2 N–H and O–H groups in total. The minimum absolute atomic E-state index is 0. The van der Waals surface area contributed by atoms with Crippen LogP contribution < -0.4 is 0 Å². The highest BCUT2D eigenvalue weighted by atomic mass is 35.5. The van der Waals surface area contributed by atoms with E-state index in [-0.39, 0.29) is 47.9 Å². The second-order valence-electron chi connectivity index (χ2n) is 11.2. The molecule has 35 heavy (non-hydrogen) atoms. The molecule has 196 valence electrons. The number of hydrogen-bond acceptors (Lipinski definition) is 7. The Labute approximate surface area is 214 Å². The molecule has 4 unspecified atom stereocenters. The van der Waals surface area contributed by atoms with Gasteiger partial charge in [-0.2, -0.15) is 0 Å². The molecule has 0 bridgehead atoms. The molecule has 0 heterocycles. The number of aliphatic hydroxyl groups is 2. The normalized spacial score (nSPS) is 39.7. The summed E-state index contributed by atoms with van der Waals surface area (Å²) >= 11 is 0. The Kier molecular flexibility index (Phi) is 8.07. The first-order chi connectivity index (χ1) is 16.0. The molecule has 0 aliphatic heterocycles. The highest BCUT2D eigenvalue weighted by Gasteiger charge is 2.68. The van der Waals surface area contributed by atoms with Crippen molar-refractivity contribution in [1.29, 1.82) is 0 Å². The van der Waals surface area contributed by atoms with E-state index in [1.165, 1.54) is 0 Å². The number of nitrogens with zero attached hydrogens (tertiary/aromatic N) is 1. The molecule has 0 saturated heterocycles. The van der Waals surface area contributed by atoms with Crippen molar-refractivity contribution in [3.63, 3.8) is 0 Å². The van der Waals surface area contributed by atoms with Crippen molar-refractivity contribution >= 4 is 29.9 Å². The summed E-state index contributed by atoms with van der Waals surface area (Å²) in [6.45, 7) is 9.03. The van der Waals surface area contributed by atoms with E-state index < -0.39 is 35.5 Å². The van der Waals surface area contributed by atoms with E-state index in [4.69, 9.17) is 4.74 Å². The molecule has 0 aromatic heterocycles. The number of carbonyl (C=O) groups is 3. The van der Waals surface area contributed by atoms with Crippen LogP contribution in [0.15, 0.2) is 23.8 Å². The summed E-state index contributed by atoms with van der Waals surface area (Å²) in [6.07, 6.45) is 7.48. The molecule has 4 aliphatic rings. The standard InChI is InChI=1S/C27H39NO6.ClH/c1-5-28(6-2)15-23(32)34-16-22(31)27(33)12-10-20-19-8-7-17-13-18(29)9-11-25(17,3)24(19)21(30)14-26(20,27)4;/h9,11,13,19-21,24,30,33H,5-8,10,12,14-16H2,1-4H3;1H/t19?,20?,21?,24?,25-,26-,27-;/m0./s1. The van der Waals surface area contributed by atoms with Gasteiger partial charge < -0.3 is 14.9 Å². The number of hydrogen-bond donors (Lipinski definition) is 2. The van der Waals surface area contributed by atoms with Crippen LogP contribution in [0.3, 0.4) is 0 Å². The van der Waals surface area contributed by atoms with E-state index in [9.17, 15) is 24.6 Å². The number of Topliss-reactive ketones (excluding diaryl/α,β-unsaturated/α-hetero) is 1. The van der Waals surface area contributed by atoms with Gasteiger partial charge in [0.1, 0.15) is 5.60 Å². The zero-order valence-electron chi connectivity index (χ0n) is 21.3. The summed E-state index contributed by atoms with van der Waals surface area (Å²) in [5.74, 6) is -0.785. The molecule has 0 spiro atoms. The van der Waals surface area contributed by atoms with Gasteiger partial charge in [0.15, 0.2) is 12.4 Å². The van der Waals surface area contributed by atoms with E-state index in [2.05, 4.69) is 6.92 Å². The summed E-state index contributed by atoms with van der Waals surface area (Å²) in [5.41, 5.74) is -1.73. The van der Waals surface area contributed by atoms with Crippen LogP contribution in [0.25, 0.3) is 0 Å². The Morgan fingerprint density at radius 3 is 2.54 bits per heavy atom. The van der Waals surface area contributed by atoms with Gasteiger partial charge in [-0.25, -0.2) is 0 Å². The van der Waals surface area contributed by atoms with Gasteiger partial charge in [0.05, 0.1) is 12.6 Å². The summed E-state index contributed by atoms with van der Waals surface area (Å²) < 4.78 is 5.27. The lowest BCUT2D eigenvalue weighted by Crippen LogP contribution is -2.61. The second kappa shape index (κ2) is 10.1. The molecular formula is C27H40ClNO6. The molecule has 0 amide bonds. The predicted octanol–water partition coefficient (Wildman–Crippen LogP) is 2.87. The predicted molar refractivity (Wildman–Crippen MR) is 134 cm³/mol. The first-order valence-corrected chi connectivity index (χ1v) is 12.8. The van der Waals surface area contributed by atoms with E-state index in [0.29, 0.717) is 32.4 Å². The fraction of sp³-hybridized carbons (Fsp3) is 0.741. The Morgan fingerprint density at radius 1 is 1.20 bits per heavy atom. The summed E-state index contributed by atoms with van der Waals surface area (Å²) in [5, 5.41) is 23.1. The monoisotopic (exact) mass is 509 g/mol. The van der Waals surface area contributed by atoms with Crippen LogP contribution in [0.1, 0.15) is 59.8 Å². The average Bonchev–Trinajstić information content (AvgIpc) is 3.07. The van der Waals surface area contributed by atoms with Gasteiger partial charge in [-0.3, -0.25) is 19.3 Å². The molecule has 4 rings (SSSR count). The number of ether oxygens (including phenoxy) is 1. The van der Waals surface area contributed by atoms with Crippen molar-refractivity contribution in [2.45, 2.75) is 71.5 Å². The van der Waals surface area contributed by atoms with Crippen LogP contribution in [-0.2, 0) is 19.1 Å². The third-order valence-corrected chi connectivity index (χ3v) is 9.72. The molecule has 8 heteroatoms. The maximum atomic E-state index is 13.3. The van der Waals surface area contributed by atoms with Crippen LogP contribution in [0, 0.1) is 28.6 Å². The van der Waals surface area contributed by atoms with Gasteiger partial charge in [0.2, 0.25) is 5.78 Å². The number of rotatable bonds is 7. The Morgan fingerprint density at radius 2 is 1.89 bits per heavy atom. The number of ketones is 2. The molecule has 0 aromatic carbocycles. The quantitative estimate of drug-likeness (QED) is 0.508. The van der Waals surface area contributed by atoms with E-state index in [0.717, 1.165) is 18.4 Å². The molecular weight excluding hydrogens is 470 g/mol. The molecule has 7 nitrogen and oxygen atoms in total. The Hall–Kier alpha value is -1.54. The van der Waals surface area contributed by atoms with Crippen molar-refractivity contribution in [1.82, 2.24) is 4.90 Å². The first kappa shape index (κ1) is 28.0. The molecule has 0 radical (unpaired) electrons. The fourth-order valence-electron chi connectivity index (χ4n) is 7.73. The SMILES string of the molecule is CCN(CC)CC(=O)OCC(=O)[C@@]1(O)CCC2C3CCC4=CC(=O)C=C[C@]4(C)C3C(O)C[C@@]21C.Cl. The van der Waals surface area contributed by atoms with Gasteiger partial charge in [-0.1, -0.05) is 39.3 Å². The highest BCUT2D eigenvalue weighted by Crippen LogP contribution is 2.67. The smallest absolute Gasteiger partial charge is 0.320 e. The number of carbonyl (C=O) groups excluding carboxylic acids is 3. The fourth-order valence-corrected chi connectivity index (χ4v) is 7.73. The van der Waals surface area contributed by atoms with Gasteiger partial charge in [0.25, 0.3) is 0 Å². The van der Waals surface area contributed by atoms with Gasteiger partial charge in [-0.15, -0.1) is 12.4 Å². The third-order valence-electron chi connectivity index (χ3n) is 9.72. The minimum Gasteiger partial charge on any atom is -0.457 e. The van der Waals surface area contributed by atoms with E-state index in [1.54, 1.807) is 12.2 Å². The average molecular weight is 510 g/mol. The zero-order chi connectivity index (χ0) is 24.9. The van der Waals surface area contributed by atoms with Crippen LogP contribution in [0.5, 0.6) is 0 Å². The van der Waals surface area contributed by atoms with Gasteiger partial charge >= 0.3 is 5.97 Å². The second-order valence-corrected chi connectivity index (χ2v) is 11.2. The zero-order valence-corrected chi connectivity index (χ0v) is 22.1. The lowest BCUT2D eigenvalue weighted by Gasteiger charge is -2.59. The van der Waals surface area contributed by atoms with Crippen LogP contribution in [0.2, 0.25) is 0 Å². The molecule has 3 fully saturated rings. The Balaban J connectivity index is 0.00000342. The number of allylic oxidation sites excluding steroid dienone is 4. The molecule has 0 aromatic rings. The first-order valence-electron chi connectivity index (χ1n) is 12.8. The van der Waals surface area contributed by atoms with Crippen molar-refractivity contribution in [3.05, 3.63) is 23.8 Å². The van der Waals surface area contributed by atoms with Crippen molar-refractivity contribution in [2.75, 3.05) is 26.2 Å². The lowest BCUT2D eigenvalue weighted by atomic mass is 9.46. The third kappa shape index (κ3) is 4.43. The molecule has 7 atom stereocenters. The largest absolute Gasteiger partial charge is 0.457 e. The minimum atomic E-state index is -1.63. The van der Waals surface area contributed by atoms with E-state index in [1.807, 2.05) is 31.7 Å². The molecule has 3 saturated carbocycles. The number of esters is 1. The highest BCUT2D eigenvalue weighted by molar-refractivity contribution is 6.01. The van der Waals surface area contributed by atoms with Gasteiger partial charge in [-0.05, 0) is 69.2 Å². The maximum absolute atomic E-state index is 13.3. The number of halogens is 1. The summed E-state index contributed by atoms with van der Waals surface area (Å²) in [7, 11) is 0. The lowest BCUT2D eigenvalue weighted by molar-refractivity contribution is -0.181.